The molecule has 1 N–H and O–H groups in total. The first-order valence-electron chi connectivity index (χ1n) is 10.1. The van der Waals surface area contributed by atoms with Gasteiger partial charge in [-0.05, 0) is 32.9 Å². The Labute approximate surface area is 188 Å². The van der Waals surface area contributed by atoms with E-state index in [1.54, 1.807) is 48.5 Å². The maximum Gasteiger partial charge on any atom is 0.322 e. The van der Waals surface area contributed by atoms with E-state index in [1.165, 1.54) is 12.1 Å². The van der Waals surface area contributed by atoms with Gasteiger partial charge in [-0.1, -0.05) is 77.4 Å². The molecule has 0 radical (unpaired) electrons. The fourth-order valence-electron chi connectivity index (χ4n) is 3.01. The van der Waals surface area contributed by atoms with Crippen LogP contribution in [0.3, 0.4) is 0 Å². The Hall–Kier alpha value is -3.29. The lowest BCUT2D eigenvalue weighted by atomic mass is 9.98. The number of rotatable bonds is 8. The molecule has 0 aliphatic rings. The molecule has 0 saturated carbocycles. The van der Waals surface area contributed by atoms with Crippen LogP contribution in [0.4, 0.5) is 0 Å². The van der Waals surface area contributed by atoms with Crippen LogP contribution in [0.1, 0.15) is 38.7 Å². The molecule has 7 heteroatoms. The second-order valence-electron chi connectivity index (χ2n) is 7.65. The Balaban J connectivity index is 1.77. The van der Waals surface area contributed by atoms with Gasteiger partial charge in [0.05, 0.1) is 4.90 Å². The largest absolute Gasteiger partial charge is 0.448 e. The Morgan fingerprint density at radius 2 is 1.25 bits per heavy atom. The molecule has 0 saturated heterocycles. The van der Waals surface area contributed by atoms with E-state index < -0.39 is 28.6 Å². The smallest absolute Gasteiger partial charge is 0.322 e. The molecule has 0 aliphatic heterocycles. The van der Waals surface area contributed by atoms with Gasteiger partial charge in [-0.15, -0.1) is 0 Å². The second-order valence-corrected chi connectivity index (χ2v) is 9.42. The summed E-state index contributed by atoms with van der Waals surface area (Å²) in [6.07, 6.45) is -1.19. The molecule has 0 fully saturated rings. The predicted octanol–water partition coefficient (Wildman–Crippen LogP) is 4.06. The number of hydrogen-bond acceptors (Lipinski definition) is 5. The van der Waals surface area contributed by atoms with E-state index in [1.807, 2.05) is 32.9 Å². The third-order valence-electron chi connectivity index (χ3n) is 4.94. The fraction of sp³-hybridized carbons (Fsp3) is 0.200. The minimum absolute atomic E-state index is 0.0433. The highest BCUT2D eigenvalue weighted by Crippen LogP contribution is 2.24. The molecule has 0 bridgehead atoms. The number of ketones is 1. The van der Waals surface area contributed by atoms with Crippen LogP contribution in [-0.4, -0.2) is 26.7 Å². The maximum atomic E-state index is 13.1. The van der Waals surface area contributed by atoms with Crippen molar-refractivity contribution in [3.63, 3.8) is 0 Å². The van der Waals surface area contributed by atoms with Crippen LogP contribution >= 0.6 is 0 Å². The van der Waals surface area contributed by atoms with Gasteiger partial charge in [-0.25, -0.2) is 8.42 Å². The van der Waals surface area contributed by atoms with Gasteiger partial charge in [-0.3, -0.25) is 9.59 Å². The standard InChI is InChI=1S/C25H25NO5S/c1-17-4-10-20(11-5-17)24(28)25(21-12-6-18(2)7-13-21)31-23(27)16-26-32(29,30)22-14-8-19(3)9-15-22/h4-15,25-26H,16H2,1-3H3. The SMILES string of the molecule is Cc1ccc(C(=O)C(OC(=O)CNS(=O)(=O)c2ccc(C)cc2)c2ccc(C)cc2)cc1. The number of benzene rings is 3. The van der Waals surface area contributed by atoms with E-state index in [9.17, 15) is 18.0 Å². The van der Waals surface area contributed by atoms with E-state index in [-0.39, 0.29) is 10.7 Å². The summed E-state index contributed by atoms with van der Waals surface area (Å²) in [5, 5.41) is 0. The first-order chi connectivity index (χ1) is 15.2. The normalized spacial score (nSPS) is 12.2. The number of nitrogens with one attached hydrogen (secondary N) is 1. The number of ether oxygens (including phenoxy) is 1. The Bertz CT molecular complexity index is 1200. The predicted molar refractivity (Wildman–Crippen MR) is 122 cm³/mol. The highest BCUT2D eigenvalue weighted by Gasteiger charge is 2.27. The molecule has 166 valence electrons. The van der Waals surface area contributed by atoms with Gasteiger partial charge in [0.2, 0.25) is 15.8 Å². The highest BCUT2D eigenvalue weighted by atomic mass is 32.2. The van der Waals surface area contributed by atoms with Crippen LogP contribution in [0.25, 0.3) is 0 Å². The molecule has 3 aromatic rings. The van der Waals surface area contributed by atoms with Crippen molar-refractivity contribution in [3.8, 4) is 0 Å². The Kier molecular flexibility index (Phi) is 7.22. The van der Waals surface area contributed by atoms with E-state index in [2.05, 4.69) is 4.72 Å². The maximum absolute atomic E-state index is 13.1. The van der Waals surface area contributed by atoms with Gasteiger partial charge in [-0.2, -0.15) is 4.72 Å². The number of esters is 1. The monoisotopic (exact) mass is 451 g/mol. The first-order valence-corrected chi connectivity index (χ1v) is 11.6. The van der Waals surface area contributed by atoms with E-state index in [0.717, 1.165) is 16.7 Å². The summed E-state index contributed by atoms with van der Waals surface area (Å²) < 4.78 is 32.6. The second kappa shape index (κ2) is 9.89. The molecule has 0 aromatic heterocycles. The van der Waals surface area contributed by atoms with Gasteiger partial charge < -0.3 is 4.74 Å². The molecule has 0 amide bonds. The zero-order valence-electron chi connectivity index (χ0n) is 18.2. The summed E-state index contributed by atoms with van der Waals surface area (Å²) in [5.41, 5.74) is 3.81. The number of sulfonamides is 1. The van der Waals surface area contributed by atoms with Crippen molar-refractivity contribution in [3.05, 3.63) is 101 Å². The van der Waals surface area contributed by atoms with Gasteiger partial charge in [0.1, 0.15) is 6.54 Å². The molecular formula is C25H25NO5S. The Morgan fingerprint density at radius 3 is 1.78 bits per heavy atom. The van der Waals surface area contributed by atoms with Crippen LogP contribution in [-0.2, 0) is 19.6 Å². The quantitative estimate of drug-likeness (QED) is 0.412. The zero-order valence-corrected chi connectivity index (χ0v) is 19.0. The van der Waals surface area contributed by atoms with Crippen LogP contribution in [0.5, 0.6) is 0 Å². The third kappa shape index (κ3) is 5.90. The fourth-order valence-corrected chi connectivity index (χ4v) is 3.98. The highest BCUT2D eigenvalue weighted by molar-refractivity contribution is 7.89. The number of hydrogen-bond donors (Lipinski definition) is 1. The van der Waals surface area contributed by atoms with Crippen molar-refractivity contribution in [1.82, 2.24) is 4.72 Å². The molecule has 6 nitrogen and oxygen atoms in total. The molecule has 32 heavy (non-hydrogen) atoms. The molecule has 1 unspecified atom stereocenters. The summed E-state index contributed by atoms with van der Waals surface area (Å²) in [4.78, 5) is 25.7. The van der Waals surface area contributed by atoms with Crippen molar-refractivity contribution < 1.29 is 22.7 Å². The molecule has 0 aliphatic carbocycles. The van der Waals surface area contributed by atoms with Gasteiger partial charge >= 0.3 is 5.97 Å². The van der Waals surface area contributed by atoms with Gasteiger partial charge in [0.25, 0.3) is 0 Å². The zero-order chi connectivity index (χ0) is 23.3. The topological polar surface area (TPSA) is 89.5 Å². The lowest BCUT2D eigenvalue weighted by molar-refractivity contribution is -0.145. The van der Waals surface area contributed by atoms with E-state index in [0.29, 0.717) is 11.1 Å². The average Bonchev–Trinajstić information content (AvgIpc) is 2.77. The van der Waals surface area contributed by atoms with Crippen molar-refractivity contribution in [2.24, 2.45) is 0 Å². The van der Waals surface area contributed by atoms with Gasteiger partial charge in [0.15, 0.2) is 6.10 Å². The van der Waals surface area contributed by atoms with Crippen molar-refractivity contribution >= 4 is 21.8 Å². The van der Waals surface area contributed by atoms with E-state index in [4.69, 9.17) is 4.74 Å². The molecular weight excluding hydrogens is 426 g/mol. The summed E-state index contributed by atoms with van der Waals surface area (Å²) in [6, 6.07) is 20.3. The number of carbonyl (C=O) groups excluding carboxylic acids is 2. The molecule has 0 heterocycles. The van der Waals surface area contributed by atoms with Crippen molar-refractivity contribution in [2.75, 3.05) is 6.54 Å². The van der Waals surface area contributed by atoms with Gasteiger partial charge in [0, 0.05) is 11.1 Å². The minimum Gasteiger partial charge on any atom is -0.448 e. The number of Topliss-reactive ketones (excluding diaryl/α,β-unsaturated/α-hetero) is 1. The van der Waals surface area contributed by atoms with Crippen molar-refractivity contribution in [1.29, 1.82) is 0 Å². The summed E-state index contributed by atoms with van der Waals surface area (Å²) in [5.74, 6) is -1.24. The molecule has 1 atom stereocenters. The first kappa shape index (κ1) is 23.4. The summed E-state index contributed by atoms with van der Waals surface area (Å²) in [7, 11) is -3.89. The summed E-state index contributed by atoms with van der Waals surface area (Å²) in [6.45, 7) is 5.07. The average molecular weight is 452 g/mol. The summed E-state index contributed by atoms with van der Waals surface area (Å²) >= 11 is 0. The lowest BCUT2D eigenvalue weighted by Gasteiger charge is -2.18. The van der Waals surface area contributed by atoms with E-state index >= 15 is 0 Å². The Morgan fingerprint density at radius 1 is 0.781 bits per heavy atom. The minimum atomic E-state index is -3.89. The van der Waals surface area contributed by atoms with Crippen LogP contribution in [0, 0.1) is 20.8 Å². The molecule has 3 aromatic carbocycles. The van der Waals surface area contributed by atoms with Crippen molar-refractivity contribution in [2.45, 2.75) is 31.8 Å². The van der Waals surface area contributed by atoms with Crippen LogP contribution in [0.2, 0.25) is 0 Å². The third-order valence-corrected chi connectivity index (χ3v) is 6.36. The number of carbonyl (C=O) groups is 2. The van der Waals surface area contributed by atoms with Crippen LogP contribution < -0.4 is 4.72 Å². The molecule has 0 spiro atoms. The number of aryl methyl sites for hydroxylation is 3. The molecule has 3 rings (SSSR count). The lowest BCUT2D eigenvalue weighted by Crippen LogP contribution is -2.32. The van der Waals surface area contributed by atoms with Crippen LogP contribution in [0.15, 0.2) is 77.7 Å².